The van der Waals surface area contributed by atoms with Crippen molar-refractivity contribution < 1.29 is 4.79 Å². The highest BCUT2D eigenvalue weighted by atomic mass is 16.1. The zero-order valence-corrected chi connectivity index (χ0v) is 7.46. The molecule has 66 valence electrons. The van der Waals surface area contributed by atoms with E-state index in [4.69, 9.17) is 0 Å². The largest absolute Gasteiger partial charge is 0.299 e. The maximum absolute atomic E-state index is 11.4. The second-order valence-corrected chi connectivity index (χ2v) is 4.01. The quantitative estimate of drug-likeness (QED) is 0.503. The summed E-state index contributed by atoms with van der Waals surface area (Å²) in [6.07, 6.45) is 11.2. The lowest BCUT2D eigenvalue weighted by Gasteiger charge is -2.17. The van der Waals surface area contributed by atoms with E-state index in [1.165, 1.54) is 12.8 Å². The predicted octanol–water partition coefficient (Wildman–Crippen LogP) is 2.71. The Morgan fingerprint density at radius 1 is 1.25 bits per heavy atom. The van der Waals surface area contributed by atoms with Gasteiger partial charge in [-0.15, -0.1) is 0 Å². The van der Waals surface area contributed by atoms with Gasteiger partial charge in [0.2, 0.25) is 0 Å². The Morgan fingerprint density at radius 2 is 2.17 bits per heavy atom. The fraction of sp³-hybridized carbons (Fsp3) is 0.727. The Morgan fingerprint density at radius 3 is 3.08 bits per heavy atom. The number of allylic oxidation sites excluding steroid dienone is 2. The minimum Gasteiger partial charge on any atom is -0.299 e. The first-order valence-corrected chi connectivity index (χ1v) is 5.05. The molecule has 0 bridgehead atoms. The summed E-state index contributed by atoms with van der Waals surface area (Å²) in [6, 6.07) is 0. The third-order valence-corrected chi connectivity index (χ3v) is 3.24. The van der Waals surface area contributed by atoms with Crippen LogP contribution in [0.2, 0.25) is 0 Å². The number of carbonyl (C=O) groups is 1. The van der Waals surface area contributed by atoms with Crippen molar-refractivity contribution in [2.75, 3.05) is 0 Å². The fourth-order valence-corrected chi connectivity index (χ4v) is 2.50. The first-order chi connectivity index (χ1) is 5.88. The first kappa shape index (κ1) is 8.03. The van der Waals surface area contributed by atoms with Crippen LogP contribution in [0.15, 0.2) is 12.2 Å². The van der Waals surface area contributed by atoms with Gasteiger partial charge in [0.25, 0.3) is 0 Å². The van der Waals surface area contributed by atoms with Gasteiger partial charge in [-0.1, -0.05) is 12.2 Å². The van der Waals surface area contributed by atoms with Crippen LogP contribution in [-0.4, -0.2) is 5.78 Å². The van der Waals surface area contributed by atoms with E-state index in [9.17, 15) is 4.79 Å². The lowest BCUT2D eigenvalue weighted by Crippen LogP contribution is -2.15. The zero-order chi connectivity index (χ0) is 8.39. The molecule has 2 atom stereocenters. The van der Waals surface area contributed by atoms with Crippen LogP contribution in [0.25, 0.3) is 0 Å². The summed E-state index contributed by atoms with van der Waals surface area (Å²) in [5, 5.41) is 0. The fourth-order valence-electron chi connectivity index (χ4n) is 2.50. The van der Waals surface area contributed by atoms with Gasteiger partial charge in [0.15, 0.2) is 0 Å². The van der Waals surface area contributed by atoms with Gasteiger partial charge in [0, 0.05) is 12.3 Å². The van der Waals surface area contributed by atoms with Crippen LogP contribution in [0, 0.1) is 11.8 Å². The lowest BCUT2D eigenvalue weighted by atomic mass is 9.86. The van der Waals surface area contributed by atoms with E-state index in [1.807, 2.05) is 0 Å². The maximum atomic E-state index is 11.4. The predicted molar refractivity (Wildman–Crippen MR) is 48.8 cm³/mol. The molecule has 0 unspecified atom stereocenters. The molecule has 2 aliphatic rings. The van der Waals surface area contributed by atoms with Crippen LogP contribution in [-0.2, 0) is 4.79 Å². The number of hydrogen-bond donors (Lipinski definition) is 0. The summed E-state index contributed by atoms with van der Waals surface area (Å²) in [5.41, 5.74) is 0. The molecule has 1 saturated carbocycles. The number of carbonyl (C=O) groups excluding carboxylic acids is 1. The van der Waals surface area contributed by atoms with E-state index >= 15 is 0 Å². The number of fused-ring (bicyclic) bond motifs is 1. The Kier molecular flexibility index (Phi) is 2.29. The summed E-state index contributed by atoms with van der Waals surface area (Å²) in [6.45, 7) is 0. The maximum Gasteiger partial charge on any atom is 0.136 e. The van der Waals surface area contributed by atoms with Gasteiger partial charge in [-0.3, -0.25) is 4.79 Å². The van der Waals surface area contributed by atoms with Crippen LogP contribution < -0.4 is 0 Å². The zero-order valence-electron chi connectivity index (χ0n) is 7.46. The van der Waals surface area contributed by atoms with Crippen LogP contribution in [0.1, 0.15) is 38.5 Å². The van der Waals surface area contributed by atoms with Crippen molar-refractivity contribution in [3.8, 4) is 0 Å². The Bertz CT molecular complexity index is 205. The molecule has 0 heterocycles. The highest BCUT2D eigenvalue weighted by Gasteiger charge is 2.33. The van der Waals surface area contributed by atoms with Crippen molar-refractivity contribution in [2.45, 2.75) is 38.5 Å². The van der Waals surface area contributed by atoms with Crippen molar-refractivity contribution in [1.82, 2.24) is 0 Å². The minimum atomic E-state index is 0.426. The van der Waals surface area contributed by atoms with Crippen LogP contribution in [0.5, 0.6) is 0 Å². The van der Waals surface area contributed by atoms with E-state index < -0.39 is 0 Å². The molecule has 0 radical (unpaired) electrons. The molecule has 0 aromatic carbocycles. The first-order valence-electron chi connectivity index (χ1n) is 5.05. The molecule has 0 amide bonds. The lowest BCUT2D eigenvalue weighted by molar-refractivity contribution is -0.121. The third kappa shape index (κ3) is 1.45. The summed E-state index contributed by atoms with van der Waals surface area (Å²) in [7, 11) is 0. The van der Waals surface area contributed by atoms with Gasteiger partial charge in [-0.25, -0.2) is 0 Å². The molecule has 0 aliphatic heterocycles. The van der Waals surface area contributed by atoms with Gasteiger partial charge >= 0.3 is 0 Å². The van der Waals surface area contributed by atoms with Crippen molar-refractivity contribution in [2.24, 2.45) is 11.8 Å². The van der Waals surface area contributed by atoms with Gasteiger partial charge in [0.05, 0.1) is 0 Å². The summed E-state index contributed by atoms with van der Waals surface area (Å²) in [5.74, 6) is 1.65. The van der Waals surface area contributed by atoms with Gasteiger partial charge in [-0.05, 0) is 38.0 Å². The molecule has 0 N–H and O–H groups in total. The Hall–Kier alpha value is -0.590. The highest BCUT2D eigenvalue weighted by Crippen LogP contribution is 2.36. The second-order valence-electron chi connectivity index (χ2n) is 4.01. The highest BCUT2D eigenvalue weighted by molar-refractivity contribution is 5.83. The van der Waals surface area contributed by atoms with Crippen LogP contribution >= 0.6 is 0 Å². The van der Waals surface area contributed by atoms with Crippen molar-refractivity contribution >= 4 is 5.78 Å². The van der Waals surface area contributed by atoms with Crippen LogP contribution in [0.3, 0.4) is 0 Å². The third-order valence-electron chi connectivity index (χ3n) is 3.24. The number of ketones is 1. The molecular formula is C11H16O. The Labute approximate surface area is 73.8 Å². The monoisotopic (exact) mass is 164 g/mol. The SMILES string of the molecule is O=C1CC[C@H]2C/C=C\CCC[C@H]12. The van der Waals surface area contributed by atoms with Gasteiger partial charge in [0.1, 0.15) is 5.78 Å². The van der Waals surface area contributed by atoms with Crippen molar-refractivity contribution in [3.05, 3.63) is 12.2 Å². The van der Waals surface area contributed by atoms with Crippen molar-refractivity contribution in [3.63, 3.8) is 0 Å². The molecule has 0 saturated heterocycles. The number of hydrogen-bond acceptors (Lipinski definition) is 1. The molecule has 2 aliphatic carbocycles. The molecular weight excluding hydrogens is 148 g/mol. The number of rotatable bonds is 0. The van der Waals surface area contributed by atoms with E-state index in [-0.39, 0.29) is 0 Å². The molecule has 1 nitrogen and oxygen atoms in total. The molecule has 2 rings (SSSR count). The second kappa shape index (κ2) is 3.42. The minimum absolute atomic E-state index is 0.426. The van der Waals surface area contributed by atoms with Crippen molar-refractivity contribution in [1.29, 1.82) is 0 Å². The summed E-state index contributed by atoms with van der Waals surface area (Å²) in [4.78, 5) is 11.4. The summed E-state index contributed by atoms with van der Waals surface area (Å²) >= 11 is 0. The normalized spacial score (nSPS) is 38.5. The molecule has 0 spiro atoms. The number of Topliss-reactive ketones (excluding diaryl/α,β-unsaturated/α-hetero) is 1. The van der Waals surface area contributed by atoms with E-state index in [0.717, 1.165) is 25.7 Å². The smallest absolute Gasteiger partial charge is 0.136 e. The average Bonchev–Trinajstić information content (AvgIpc) is 2.31. The van der Waals surface area contributed by atoms with Gasteiger partial charge in [-0.2, -0.15) is 0 Å². The van der Waals surface area contributed by atoms with Crippen LogP contribution in [0.4, 0.5) is 0 Å². The summed E-state index contributed by atoms with van der Waals surface area (Å²) < 4.78 is 0. The average molecular weight is 164 g/mol. The molecule has 0 aromatic rings. The van der Waals surface area contributed by atoms with Gasteiger partial charge < -0.3 is 0 Å². The van der Waals surface area contributed by atoms with E-state index in [0.29, 0.717) is 17.6 Å². The molecule has 12 heavy (non-hydrogen) atoms. The molecule has 1 heteroatoms. The van der Waals surface area contributed by atoms with E-state index in [2.05, 4.69) is 12.2 Å². The van der Waals surface area contributed by atoms with E-state index in [1.54, 1.807) is 0 Å². The molecule has 0 aromatic heterocycles. The Balaban J connectivity index is 2.08. The topological polar surface area (TPSA) is 17.1 Å². The molecule has 1 fully saturated rings. The standard InChI is InChI=1S/C11H16O/c12-11-8-7-9-5-3-1-2-4-6-10(9)11/h1,3,9-10H,2,4-8H2/b3-1-/t9-,10+/m1/s1.